The molecule has 0 aromatic heterocycles. The summed E-state index contributed by atoms with van der Waals surface area (Å²) in [5, 5.41) is 0. The molecular formula is C10H18NO+. The molecule has 0 heterocycles. The van der Waals surface area contributed by atoms with E-state index in [4.69, 9.17) is 0 Å². The molecule has 0 aromatic carbocycles. The quantitative estimate of drug-likeness (QED) is 0.349. The van der Waals surface area contributed by atoms with Crippen LogP contribution >= 0.6 is 0 Å². The molecule has 0 bridgehead atoms. The number of carbonyl (C=O) groups is 1. The summed E-state index contributed by atoms with van der Waals surface area (Å²) in [7, 11) is 1.69. The Kier molecular flexibility index (Phi) is 6.31. The molecule has 0 saturated carbocycles. The van der Waals surface area contributed by atoms with Gasteiger partial charge in [-0.05, 0) is 6.42 Å². The van der Waals surface area contributed by atoms with Crippen molar-refractivity contribution in [2.75, 3.05) is 7.05 Å². The van der Waals surface area contributed by atoms with Crippen molar-refractivity contribution in [3.8, 4) is 0 Å². The largest absolute Gasteiger partial charge is 0.395 e. The summed E-state index contributed by atoms with van der Waals surface area (Å²) >= 11 is 0. The third-order valence-electron chi connectivity index (χ3n) is 1.86. The maximum Gasteiger partial charge on any atom is 0.395 e. The first kappa shape index (κ1) is 11.1. The van der Waals surface area contributed by atoms with E-state index in [1.807, 2.05) is 0 Å². The number of hydrogen-bond acceptors (Lipinski definition) is 1. The van der Waals surface area contributed by atoms with Gasteiger partial charge in [-0.25, -0.2) is 4.79 Å². The van der Waals surface area contributed by atoms with Crippen molar-refractivity contribution in [3.05, 3.63) is 6.58 Å². The molecule has 0 radical (unpaired) electrons. The van der Waals surface area contributed by atoms with Crippen LogP contribution in [0.3, 0.4) is 0 Å². The molecule has 12 heavy (non-hydrogen) atoms. The smallest absolute Gasteiger partial charge is 0.219 e. The molecule has 0 aromatic rings. The van der Waals surface area contributed by atoms with Crippen LogP contribution in [0.1, 0.15) is 39.0 Å². The number of amides is 1. The maximum absolute atomic E-state index is 11.2. The molecule has 1 amide bonds. The second-order valence-corrected chi connectivity index (χ2v) is 2.92. The van der Waals surface area contributed by atoms with Crippen molar-refractivity contribution in [1.29, 1.82) is 0 Å². The Morgan fingerprint density at radius 2 is 2.08 bits per heavy atom. The van der Waals surface area contributed by atoms with Gasteiger partial charge in [0.05, 0.1) is 6.42 Å². The van der Waals surface area contributed by atoms with Gasteiger partial charge < -0.3 is 0 Å². The molecule has 0 aliphatic rings. The zero-order valence-electron chi connectivity index (χ0n) is 8.10. The van der Waals surface area contributed by atoms with E-state index < -0.39 is 0 Å². The lowest BCUT2D eigenvalue weighted by Gasteiger charge is -1.94. The lowest BCUT2D eigenvalue weighted by Crippen LogP contribution is -2.14. The molecule has 0 fully saturated rings. The van der Waals surface area contributed by atoms with Gasteiger partial charge in [0.15, 0.2) is 12.9 Å². The standard InChI is InChI=1S/C10H18NO/c1-4-6-7-8-9-10(12)11(3)5-2/h2,4,6-9H2,1,3H3/q+1. The summed E-state index contributed by atoms with van der Waals surface area (Å²) in [6.45, 7) is 5.56. The minimum atomic E-state index is 0.112. The lowest BCUT2D eigenvalue weighted by molar-refractivity contribution is -0.412. The fourth-order valence-electron chi connectivity index (χ4n) is 0.959. The normalized spacial score (nSPS) is 9.17. The van der Waals surface area contributed by atoms with Gasteiger partial charge in [0.2, 0.25) is 0 Å². The van der Waals surface area contributed by atoms with E-state index in [1.54, 1.807) is 7.05 Å². The second kappa shape index (κ2) is 6.81. The summed E-state index contributed by atoms with van der Waals surface area (Å²) in [6, 6.07) is 0. The Bertz CT molecular complexity index is 190. The van der Waals surface area contributed by atoms with Gasteiger partial charge in [0.25, 0.3) is 0 Å². The van der Waals surface area contributed by atoms with Gasteiger partial charge in [-0.15, -0.1) is 4.58 Å². The van der Waals surface area contributed by atoms with E-state index in [-0.39, 0.29) is 5.91 Å². The Labute approximate surface area is 74.6 Å². The summed E-state index contributed by atoms with van der Waals surface area (Å²) in [4.78, 5) is 11.2. The molecule has 2 nitrogen and oxygen atoms in total. The molecule has 0 aliphatic heterocycles. The van der Waals surface area contributed by atoms with E-state index in [9.17, 15) is 4.79 Å². The van der Waals surface area contributed by atoms with Crippen LogP contribution in [-0.4, -0.2) is 23.4 Å². The first-order valence-electron chi connectivity index (χ1n) is 4.51. The molecule has 0 rings (SSSR count). The number of hydrogen-bond donors (Lipinski definition) is 0. The summed E-state index contributed by atoms with van der Waals surface area (Å²) < 4.78 is 1.42. The molecule has 2 heteroatoms. The molecule has 0 spiro atoms. The zero-order chi connectivity index (χ0) is 9.40. The van der Waals surface area contributed by atoms with Crippen LogP contribution in [-0.2, 0) is 4.79 Å². The minimum Gasteiger partial charge on any atom is -0.219 e. The van der Waals surface area contributed by atoms with Crippen molar-refractivity contribution < 1.29 is 9.37 Å². The topological polar surface area (TPSA) is 20.1 Å². The molecule has 0 atom stereocenters. The van der Waals surface area contributed by atoms with Gasteiger partial charge in [0, 0.05) is 6.58 Å². The highest BCUT2D eigenvalue weighted by atomic mass is 16.2. The Morgan fingerprint density at radius 3 is 2.58 bits per heavy atom. The van der Waals surface area contributed by atoms with Crippen molar-refractivity contribution in [1.82, 2.24) is 0 Å². The van der Waals surface area contributed by atoms with E-state index >= 15 is 0 Å². The van der Waals surface area contributed by atoms with Crippen LogP contribution in [0.25, 0.3) is 0 Å². The minimum absolute atomic E-state index is 0.112. The molecule has 0 aliphatic carbocycles. The third-order valence-corrected chi connectivity index (χ3v) is 1.86. The number of rotatable bonds is 5. The van der Waals surface area contributed by atoms with Crippen molar-refractivity contribution in [3.63, 3.8) is 0 Å². The van der Waals surface area contributed by atoms with E-state index in [2.05, 4.69) is 19.4 Å². The molecule has 0 N–H and O–H groups in total. The summed E-state index contributed by atoms with van der Waals surface area (Å²) in [5.41, 5.74) is 0. The fourth-order valence-corrected chi connectivity index (χ4v) is 0.959. The highest BCUT2D eigenvalue weighted by molar-refractivity contribution is 5.70. The molecular weight excluding hydrogens is 150 g/mol. The van der Waals surface area contributed by atoms with E-state index in [0.717, 1.165) is 12.8 Å². The van der Waals surface area contributed by atoms with Crippen LogP contribution in [0.2, 0.25) is 0 Å². The van der Waals surface area contributed by atoms with Crippen LogP contribution in [0, 0.1) is 0 Å². The number of unbranched alkanes of at least 4 members (excludes halogenated alkanes) is 3. The van der Waals surface area contributed by atoms with E-state index in [0.29, 0.717) is 6.42 Å². The summed E-state index contributed by atoms with van der Waals surface area (Å²) in [5.74, 6) is 2.65. The maximum atomic E-state index is 11.2. The monoisotopic (exact) mass is 168 g/mol. The Morgan fingerprint density at radius 1 is 1.42 bits per heavy atom. The van der Waals surface area contributed by atoms with Crippen LogP contribution in [0.15, 0.2) is 6.58 Å². The molecule has 68 valence electrons. The van der Waals surface area contributed by atoms with Gasteiger partial charge >= 0.3 is 5.91 Å². The van der Waals surface area contributed by atoms with Crippen LogP contribution in [0.5, 0.6) is 0 Å². The predicted molar refractivity (Wildman–Crippen MR) is 50.6 cm³/mol. The third kappa shape index (κ3) is 4.86. The van der Waals surface area contributed by atoms with Gasteiger partial charge in [-0.3, -0.25) is 0 Å². The SMILES string of the molecule is C=C=[N+](C)C(=O)CCCCCC. The van der Waals surface area contributed by atoms with Gasteiger partial charge in [-0.1, -0.05) is 26.2 Å². The first-order chi connectivity index (χ1) is 5.72. The van der Waals surface area contributed by atoms with E-state index in [1.165, 1.54) is 17.4 Å². The lowest BCUT2D eigenvalue weighted by atomic mass is 10.1. The number of nitrogens with zero attached hydrogens (tertiary/aromatic N) is 1. The fraction of sp³-hybridized carbons (Fsp3) is 0.700. The Balaban J connectivity index is 3.51. The van der Waals surface area contributed by atoms with Crippen molar-refractivity contribution >= 4 is 11.8 Å². The Hall–Kier alpha value is -0.880. The van der Waals surface area contributed by atoms with Crippen molar-refractivity contribution in [2.24, 2.45) is 0 Å². The van der Waals surface area contributed by atoms with Crippen LogP contribution in [0.4, 0.5) is 0 Å². The predicted octanol–water partition coefficient (Wildman–Crippen LogP) is 1.98. The second-order valence-electron chi connectivity index (χ2n) is 2.92. The van der Waals surface area contributed by atoms with Gasteiger partial charge in [0.1, 0.15) is 0 Å². The average molecular weight is 168 g/mol. The zero-order valence-corrected chi connectivity index (χ0v) is 8.10. The summed E-state index contributed by atoms with van der Waals surface area (Å²) in [6.07, 6.45) is 5.18. The number of carbonyl (C=O) groups excluding carboxylic acids is 1. The highest BCUT2D eigenvalue weighted by Gasteiger charge is 2.09. The first-order valence-corrected chi connectivity index (χ1v) is 4.51. The molecule has 0 saturated heterocycles. The highest BCUT2D eigenvalue weighted by Crippen LogP contribution is 2.02. The van der Waals surface area contributed by atoms with Crippen molar-refractivity contribution in [2.45, 2.75) is 39.0 Å². The average Bonchev–Trinajstić information content (AvgIpc) is 2.10. The van der Waals surface area contributed by atoms with Gasteiger partial charge in [-0.2, -0.15) is 0 Å². The van der Waals surface area contributed by atoms with Crippen LogP contribution < -0.4 is 0 Å². The molecule has 0 unspecified atom stereocenters.